The van der Waals surface area contributed by atoms with Crippen LogP contribution in [0.25, 0.3) is 0 Å². The number of alkyl halides is 3. The third-order valence-electron chi connectivity index (χ3n) is 4.13. The number of halogens is 4. The molecule has 0 spiro atoms. The SMILES string of the molecule is O=C(NCc1cccc(C(F)(F)F)c1)C1CC1c1cccc(Cl)c1. The molecule has 1 saturated carbocycles. The fraction of sp³-hybridized carbons (Fsp3) is 0.278. The summed E-state index contributed by atoms with van der Waals surface area (Å²) in [6, 6.07) is 12.4. The summed E-state index contributed by atoms with van der Waals surface area (Å²) in [6.45, 7) is 0.0848. The summed E-state index contributed by atoms with van der Waals surface area (Å²) in [4.78, 5) is 12.2. The van der Waals surface area contributed by atoms with E-state index in [9.17, 15) is 18.0 Å². The molecule has 0 saturated heterocycles. The molecular formula is C18H15ClF3NO. The van der Waals surface area contributed by atoms with Crippen molar-refractivity contribution < 1.29 is 18.0 Å². The van der Waals surface area contributed by atoms with Crippen molar-refractivity contribution >= 4 is 17.5 Å². The Morgan fingerprint density at radius 3 is 2.62 bits per heavy atom. The Balaban J connectivity index is 1.57. The molecule has 0 heterocycles. The standard InChI is InChI=1S/C18H15ClF3NO/c19-14-6-2-4-12(8-14)15-9-16(15)17(24)23-10-11-3-1-5-13(7-11)18(20,21)22/h1-8,15-16H,9-10H2,(H,23,24). The van der Waals surface area contributed by atoms with Gasteiger partial charge in [-0.25, -0.2) is 0 Å². The molecule has 0 bridgehead atoms. The van der Waals surface area contributed by atoms with Gasteiger partial charge in [0.25, 0.3) is 0 Å². The van der Waals surface area contributed by atoms with Crippen LogP contribution < -0.4 is 5.32 Å². The van der Waals surface area contributed by atoms with Crippen molar-refractivity contribution in [2.24, 2.45) is 5.92 Å². The zero-order valence-electron chi connectivity index (χ0n) is 12.6. The third kappa shape index (κ3) is 3.90. The zero-order valence-corrected chi connectivity index (χ0v) is 13.4. The van der Waals surface area contributed by atoms with Crippen molar-refractivity contribution in [2.75, 3.05) is 0 Å². The Bertz CT molecular complexity index is 760. The Labute approximate surface area is 142 Å². The maximum absolute atomic E-state index is 12.7. The Morgan fingerprint density at radius 2 is 1.92 bits per heavy atom. The maximum Gasteiger partial charge on any atom is 0.416 e. The van der Waals surface area contributed by atoms with Crippen LogP contribution in [0.3, 0.4) is 0 Å². The fourth-order valence-corrected chi connectivity index (χ4v) is 2.97. The minimum atomic E-state index is -4.38. The van der Waals surface area contributed by atoms with Crippen LogP contribution in [-0.4, -0.2) is 5.91 Å². The van der Waals surface area contributed by atoms with E-state index in [1.165, 1.54) is 6.07 Å². The summed E-state index contributed by atoms with van der Waals surface area (Å²) in [7, 11) is 0. The largest absolute Gasteiger partial charge is 0.416 e. The lowest BCUT2D eigenvalue weighted by Crippen LogP contribution is -2.25. The molecule has 126 valence electrons. The van der Waals surface area contributed by atoms with Crippen LogP contribution in [0.5, 0.6) is 0 Å². The molecule has 1 aliphatic carbocycles. The van der Waals surface area contributed by atoms with Crippen molar-refractivity contribution in [2.45, 2.75) is 25.1 Å². The summed E-state index contributed by atoms with van der Waals surface area (Å²) in [6.07, 6.45) is -3.65. The summed E-state index contributed by atoms with van der Waals surface area (Å²) in [5.74, 6) is -0.156. The normalized spacial score (nSPS) is 19.8. The highest BCUT2D eigenvalue weighted by Gasteiger charge is 2.43. The highest BCUT2D eigenvalue weighted by Crippen LogP contribution is 2.48. The smallest absolute Gasteiger partial charge is 0.352 e. The van der Waals surface area contributed by atoms with E-state index in [1.807, 2.05) is 18.2 Å². The molecule has 1 fully saturated rings. The Kier molecular flexibility index (Phi) is 4.54. The minimum Gasteiger partial charge on any atom is -0.352 e. The van der Waals surface area contributed by atoms with Crippen LogP contribution in [0.15, 0.2) is 48.5 Å². The lowest BCUT2D eigenvalue weighted by atomic mass is 10.1. The van der Waals surface area contributed by atoms with Crippen LogP contribution >= 0.6 is 11.6 Å². The molecule has 3 rings (SSSR count). The molecule has 2 unspecified atom stereocenters. The summed E-state index contributed by atoms with van der Waals surface area (Å²) < 4.78 is 38.0. The van der Waals surface area contributed by atoms with E-state index in [4.69, 9.17) is 11.6 Å². The predicted octanol–water partition coefficient (Wildman–Crippen LogP) is 4.78. The Hall–Kier alpha value is -2.01. The first kappa shape index (κ1) is 16.8. The van der Waals surface area contributed by atoms with E-state index in [0.717, 1.165) is 24.1 Å². The molecule has 2 nitrogen and oxygen atoms in total. The first-order valence-corrected chi connectivity index (χ1v) is 7.92. The van der Waals surface area contributed by atoms with Crippen molar-refractivity contribution in [3.63, 3.8) is 0 Å². The van der Waals surface area contributed by atoms with Gasteiger partial charge in [0.2, 0.25) is 5.91 Å². The molecule has 1 N–H and O–H groups in total. The number of carbonyl (C=O) groups is 1. The monoisotopic (exact) mass is 353 g/mol. The third-order valence-corrected chi connectivity index (χ3v) is 4.36. The van der Waals surface area contributed by atoms with Crippen LogP contribution in [0.1, 0.15) is 29.0 Å². The topological polar surface area (TPSA) is 29.1 Å². The first-order chi connectivity index (χ1) is 11.3. The van der Waals surface area contributed by atoms with E-state index >= 15 is 0 Å². The number of hydrogen-bond acceptors (Lipinski definition) is 1. The molecule has 0 radical (unpaired) electrons. The van der Waals surface area contributed by atoms with Gasteiger partial charge in [-0.2, -0.15) is 13.2 Å². The van der Waals surface area contributed by atoms with Gasteiger partial charge in [-0.05, 0) is 47.7 Å². The number of nitrogens with one attached hydrogen (secondary N) is 1. The van der Waals surface area contributed by atoms with Gasteiger partial charge in [0.1, 0.15) is 0 Å². The number of carbonyl (C=O) groups excluding carboxylic acids is 1. The predicted molar refractivity (Wildman–Crippen MR) is 85.6 cm³/mol. The highest BCUT2D eigenvalue weighted by molar-refractivity contribution is 6.30. The first-order valence-electron chi connectivity index (χ1n) is 7.54. The fourth-order valence-electron chi connectivity index (χ4n) is 2.77. The summed E-state index contributed by atoms with van der Waals surface area (Å²) >= 11 is 5.94. The van der Waals surface area contributed by atoms with Crippen molar-refractivity contribution in [1.82, 2.24) is 5.32 Å². The molecule has 2 aromatic rings. The molecule has 0 aromatic heterocycles. The molecule has 0 aliphatic heterocycles. The number of benzene rings is 2. The lowest BCUT2D eigenvalue weighted by molar-refractivity contribution is -0.137. The van der Waals surface area contributed by atoms with Crippen molar-refractivity contribution in [3.8, 4) is 0 Å². The van der Waals surface area contributed by atoms with Crippen molar-refractivity contribution in [3.05, 3.63) is 70.2 Å². The van der Waals surface area contributed by atoms with Gasteiger partial charge in [-0.3, -0.25) is 4.79 Å². The van der Waals surface area contributed by atoms with Gasteiger partial charge < -0.3 is 5.32 Å². The number of rotatable bonds is 4. The average molecular weight is 354 g/mol. The number of hydrogen-bond donors (Lipinski definition) is 1. The maximum atomic E-state index is 12.7. The highest BCUT2D eigenvalue weighted by atomic mass is 35.5. The second kappa shape index (κ2) is 6.48. The van der Waals surface area contributed by atoms with Gasteiger partial charge in [0, 0.05) is 17.5 Å². The van der Waals surface area contributed by atoms with E-state index in [2.05, 4.69) is 5.32 Å². The molecule has 2 aromatic carbocycles. The van der Waals surface area contributed by atoms with Crippen LogP contribution in [-0.2, 0) is 17.5 Å². The second-order valence-electron chi connectivity index (χ2n) is 5.92. The molecule has 2 atom stereocenters. The number of amides is 1. The van der Waals surface area contributed by atoms with Gasteiger partial charge >= 0.3 is 6.18 Å². The zero-order chi connectivity index (χ0) is 17.3. The van der Waals surface area contributed by atoms with Gasteiger partial charge in [0.15, 0.2) is 0 Å². The molecule has 1 amide bonds. The summed E-state index contributed by atoms with van der Waals surface area (Å²) in [5, 5.41) is 3.34. The van der Waals surface area contributed by atoms with E-state index in [0.29, 0.717) is 10.6 Å². The van der Waals surface area contributed by atoms with E-state index in [1.54, 1.807) is 12.1 Å². The van der Waals surface area contributed by atoms with E-state index in [-0.39, 0.29) is 24.3 Å². The van der Waals surface area contributed by atoms with Crippen LogP contribution in [0, 0.1) is 5.92 Å². The molecule has 6 heteroatoms. The van der Waals surface area contributed by atoms with Gasteiger partial charge in [-0.1, -0.05) is 35.9 Å². The lowest BCUT2D eigenvalue weighted by Gasteiger charge is -2.09. The minimum absolute atomic E-state index is 0.0848. The van der Waals surface area contributed by atoms with Gasteiger partial charge in [0.05, 0.1) is 5.56 Å². The average Bonchev–Trinajstić information content (AvgIpc) is 3.33. The summed E-state index contributed by atoms with van der Waals surface area (Å²) in [5.41, 5.74) is 0.734. The second-order valence-corrected chi connectivity index (χ2v) is 6.36. The van der Waals surface area contributed by atoms with Crippen LogP contribution in [0.4, 0.5) is 13.2 Å². The molecule has 1 aliphatic rings. The Morgan fingerprint density at radius 1 is 1.17 bits per heavy atom. The molecular weight excluding hydrogens is 339 g/mol. The molecule has 24 heavy (non-hydrogen) atoms. The van der Waals surface area contributed by atoms with Crippen molar-refractivity contribution in [1.29, 1.82) is 0 Å². The van der Waals surface area contributed by atoms with Gasteiger partial charge in [-0.15, -0.1) is 0 Å². The quantitative estimate of drug-likeness (QED) is 0.842. The van der Waals surface area contributed by atoms with Crippen LogP contribution in [0.2, 0.25) is 5.02 Å². The van der Waals surface area contributed by atoms with E-state index < -0.39 is 11.7 Å².